The number of carboxylic acid groups (broad SMARTS) is 1. The van der Waals surface area contributed by atoms with E-state index in [0.717, 1.165) is 22.5 Å². The number of aromatic carboxylic acids is 1. The molecule has 0 aromatic heterocycles. The number of aliphatic hydroxyl groups is 1. The lowest BCUT2D eigenvalue weighted by atomic mass is 10.2. The summed E-state index contributed by atoms with van der Waals surface area (Å²) in [4.78, 5) is 10.6. The van der Waals surface area contributed by atoms with E-state index in [1.54, 1.807) is 0 Å². The molecule has 0 saturated carbocycles. The molecule has 1 aliphatic heterocycles. The van der Waals surface area contributed by atoms with Gasteiger partial charge in [0, 0.05) is 13.1 Å². The van der Waals surface area contributed by atoms with Gasteiger partial charge in [0.1, 0.15) is 4.90 Å². The minimum absolute atomic E-state index is 0.126. The lowest BCUT2D eigenvalue weighted by Gasteiger charge is -2.29. The molecule has 1 aliphatic rings. The van der Waals surface area contributed by atoms with Crippen molar-refractivity contribution in [3.05, 3.63) is 28.8 Å². The summed E-state index contributed by atoms with van der Waals surface area (Å²) in [7, 11) is -7.99. The van der Waals surface area contributed by atoms with Crippen molar-refractivity contribution in [2.45, 2.75) is 17.0 Å². The fraction of sp³-hybridized carbons (Fsp3) is 0.462. The number of hydrogen-bond donors (Lipinski definition) is 3. The monoisotopic (exact) mass is 412 g/mol. The first-order valence-corrected chi connectivity index (χ1v) is 10.8. The summed E-state index contributed by atoms with van der Waals surface area (Å²) in [6.45, 7) is -0.383. The Morgan fingerprint density at radius 1 is 1.36 bits per heavy atom. The van der Waals surface area contributed by atoms with Crippen LogP contribution in [0.5, 0.6) is 0 Å². The Bertz CT molecular complexity index is 886. The number of aliphatic hydroxyl groups excluding tert-OH is 1. The van der Waals surface area contributed by atoms with E-state index < -0.39 is 54.4 Å². The first-order chi connectivity index (χ1) is 11.5. The van der Waals surface area contributed by atoms with E-state index in [9.17, 15) is 26.7 Å². The number of nitrogens with two attached hydrogens (primary N) is 1. The van der Waals surface area contributed by atoms with E-state index in [2.05, 4.69) is 0 Å². The maximum absolute atomic E-state index is 12.9. The molecule has 1 saturated heterocycles. The number of rotatable bonds is 6. The Morgan fingerprint density at radius 3 is 2.48 bits per heavy atom. The second-order valence-corrected chi connectivity index (χ2v) is 9.99. The van der Waals surface area contributed by atoms with Gasteiger partial charge in [-0.15, -0.1) is 0 Å². The molecule has 0 bridgehead atoms. The number of nitrogens with zero attached hydrogens (tertiary/aromatic N) is 1. The maximum atomic E-state index is 12.9. The fourth-order valence-electron chi connectivity index (χ4n) is 2.64. The summed E-state index contributed by atoms with van der Waals surface area (Å²) in [6, 6.07) is 1.94. The number of carboxylic acids is 1. The minimum Gasteiger partial charge on any atom is -0.478 e. The van der Waals surface area contributed by atoms with Crippen LogP contribution < -0.4 is 5.73 Å². The summed E-state index contributed by atoms with van der Waals surface area (Å²) < 4.78 is 50.1. The van der Waals surface area contributed by atoms with Crippen LogP contribution in [-0.2, 0) is 19.9 Å². The highest BCUT2D eigenvalue weighted by molar-refractivity contribution is 7.92. The standard InChI is InChI=1S/C13H17ClN2O7S2/c14-9-2-1-8(13(18)19)5-12(9)25(22,23)16(4-3-15)10-6-24(20,21)7-11(10)17/h1-2,5,10-11,17H,3-4,6-7,15H2,(H,18,19)/t10-,11+/m0/s1. The summed E-state index contributed by atoms with van der Waals surface area (Å²) in [5, 5.41) is 18.8. The molecule has 1 aromatic carbocycles. The van der Waals surface area contributed by atoms with Crippen molar-refractivity contribution >= 4 is 37.4 Å². The smallest absolute Gasteiger partial charge is 0.335 e. The molecule has 1 aromatic rings. The van der Waals surface area contributed by atoms with Gasteiger partial charge in [0.05, 0.1) is 34.2 Å². The average molecular weight is 413 g/mol. The Kier molecular flexibility index (Phi) is 5.76. The summed E-state index contributed by atoms with van der Waals surface area (Å²) in [6.07, 6.45) is -1.41. The molecular formula is C13H17ClN2O7S2. The van der Waals surface area contributed by atoms with Gasteiger partial charge in [-0.3, -0.25) is 0 Å². The van der Waals surface area contributed by atoms with E-state index in [1.165, 1.54) is 0 Å². The number of carbonyl (C=O) groups is 1. The maximum Gasteiger partial charge on any atom is 0.335 e. The number of benzene rings is 1. The van der Waals surface area contributed by atoms with Gasteiger partial charge in [-0.1, -0.05) is 11.6 Å². The fourth-order valence-corrected chi connectivity index (χ4v) is 6.70. The van der Waals surface area contributed by atoms with E-state index in [-0.39, 0.29) is 23.7 Å². The van der Waals surface area contributed by atoms with Crippen LogP contribution in [0.4, 0.5) is 0 Å². The van der Waals surface area contributed by atoms with Crippen molar-refractivity contribution in [1.29, 1.82) is 0 Å². The number of sulfonamides is 1. The van der Waals surface area contributed by atoms with Crippen LogP contribution >= 0.6 is 11.6 Å². The molecule has 140 valence electrons. The highest BCUT2D eigenvalue weighted by atomic mass is 35.5. The molecule has 1 fully saturated rings. The molecule has 1 heterocycles. The molecular weight excluding hydrogens is 396 g/mol. The van der Waals surface area contributed by atoms with Crippen LogP contribution in [0.25, 0.3) is 0 Å². The normalized spacial score (nSPS) is 23.0. The van der Waals surface area contributed by atoms with Gasteiger partial charge in [-0.2, -0.15) is 4.31 Å². The molecule has 4 N–H and O–H groups in total. The van der Waals surface area contributed by atoms with Crippen molar-refractivity contribution in [3.8, 4) is 0 Å². The van der Waals surface area contributed by atoms with Crippen molar-refractivity contribution in [3.63, 3.8) is 0 Å². The van der Waals surface area contributed by atoms with Gasteiger partial charge in [-0.25, -0.2) is 21.6 Å². The zero-order chi connectivity index (χ0) is 19.0. The molecule has 9 nitrogen and oxygen atoms in total. The number of sulfone groups is 1. The van der Waals surface area contributed by atoms with E-state index >= 15 is 0 Å². The van der Waals surface area contributed by atoms with Crippen LogP contribution in [0.2, 0.25) is 5.02 Å². The second-order valence-electron chi connectivity index (χ2n) is 5.57. The molecule has 0 spiro atoms. The lowest BCUT2D eigenvalue weighted by molar-refractivity contribution is 0.0696. The Hall–Kier alpha value is -1.24. The SMILES string of the molecule is NCCN([C@H]1CS(=O)(=O)C[C@H]1O)S(=O)(=O)c1cc(C(=O)O)ccc1Cl. The van der Waals surface area contributed by atoms with Gasteiger partial charge >= 0.3 is 5.97 Å². The Labute approximate surface area is 150 Å². The highest BCUT2D eigenvalue weighted by Crippen LogP contribution is 2.30. The summed E-state index contributed by atoms with van der Waals surface area (Å²) >= 11 is 5.92. The highest BCUT2D eigenvalue weighted by Gasteiger charge is 2.44. The van der Waals surface area contributed by atoms with E-state index in [0.29, 0.717) is 0 Å². The second kappa shape index (κ2) is 7.17. The van der Waals surface area contributed by atoms with Crippen LogP contribution in [0.3, 0.4) is 0 Å². The molecule has 0 unspecified atom stereocenters. The van der Waals surface area contributed by atoms with Crippen molar-refractivity contribution < 1.29 is 31.8 Å². The van der Waals surface area contributed by atoms with E-state index in [1.807, 2.05) is 0 Å². The largest absolute Gasteiger partial charge is 0.478 e. The molecule has 25 heavy (non-hydrogen) atoms. The predicted molar refractivity (Wildman–Crippen MR) is 89.8 cm³/mol. The third kappa shape index (κ3) is 4.13. The predicted octanol–water partition coefficient (Wildman–Crippen LogP) is -0.854. The third-order valence-corrected chi connectivity index (χ3v) is 7.88. The molecule has 2 atom stereocenters. The van der Waals surface area contributed by atoms with Crippen molar-refractivity contribution in [2.24, 2.45) is 5.73 Å². The lowest BCUT2D eigenvalue weighted by Crippen LogP contribution is -2.48. The molecule has 0 aliphatic carbocycles. The van der Waals surface area contributed by atoms with Crippen LogP contribution in [-0.4, -0.2) is 74.1 Å². The molecule has 2 rings (SSSR count). The van der Waals surface area contributed by atoms with Crippen LogP contribution in [0.1, 0.15) is 10.4 Å². The van der Waals surface area contributed by atoms with Gasteiger partial charge in [-0.05, 0) is 18.2 Å². The average Bonchev–Trinajstić information content (AvgIpc) is 2.77. The van der Waals surface area contributed by atoms with Crippen LogP contribution in [0, 0.1) is 0 Å². The Morgan fingerprint density at radius 2 is 2.00 bits per heavy atom. The van der Waals surface area contributed by atoms with Gasteiger partial charge in [0.25, 0.3) is 0 Å². The van der Waals surface area contributed by atoms with Gasteiger partial charge < -0.3 is 15.9 Å². The molecule has 0 radical (unpaired) electrons. The first-order valence-electron chi connectivity index (χ1n) is 7.13. The van der Waals surface area contributed by atoms with Gasteiger partial charge in [0.2, 0.25) is 10.0 Å². The molecule has 0 amide bonds. The van der Waals surface area contributed by atoms with Crippen molar-refractivity contribution in [2.75, 3.05) is 24.6 Å². The quantitative estimate of drug-likeness (QED) is 0.545. The zero-order valence-corrected chi connectivity index (χ0v) is 15.3. The van der Waals surface area contributed by atoms with E-state index in [4.69, 9.17) is 22.4 Å². The number of hydrogen-bond acceptors (Lipinski definition) is 7. The van der Waals surface area contributed by atoms with Crippen molar-refractivity contribution in [1.82, 2.24) is 4.31 Å². The molecule has 12 heteroatoms. The first kappa shape index (κ1) is 20.1. The zero-order valence-electron chi connectivity index (χ0n) is 12.9. The summed E-state index contributed by atoms with van der Waals surface area (Å²) in [5.41, 5.74) is 5.14. The minimum atomic E-state index is -4.38. The van der Waals surface area contributed by atoms with Crippen LogP contribution in [0.15, 0.2) is 23.1 Å². The van der Waals surface area contributed by atoms with Gasteiger partial charge in [0.15, 0.2) is 9.84 Å². The summed E-state index contributed by atoms with van der Waals surface area (Å²) in [5.74, 6) is -2.46. The topological polar surface area (TPSA) is 155 Å². The Balaban J connectivity index is 2.54. The number of halogens is 1. The third-order valence-electron chi connectivity index (χ3n) is 3.78.